The minimum Gasteiger partial charge on any atom is -0.440 e. The van der Waals surface area contributed by atoms with Crippen LogP contribution in [0.5, 0.6) is 0 Å². The van der Waals surface area contributed by atoms with E-state index in [4.69, 9.17) is 0 Å². The molecule has 0 saturated heterocycles. The second-order valence-electron chi connectivity index (χ2n) is 2.43. The van der Waals surface area contributed by atoms with Gasteiger partial charge >= 0.3 is 0 Å². The second-order valence-corrected chi connectivity index (χ2v) is 2.43. The number of hydrogen-bond acceptors (Lipinski definition) is 2. The molecule has 1 heterocycles. The minimum absolute atomic E-state index is 0.0741. The molecular weight excluding hydrogens is 176 g/mol. The van der Waals surface area contributed by atoms with E-state index in [0.29, 0.717) is 0 Å². The fourth-order valence-electron chi connectivity index (χ4n) is 1.01. The molecular formula is C9H4F2NO. The third kappa shape index (κ3) is 1.30. The molecule has 0 unspecified atom stereocenters. The van der Waals surface area contributed by atoms with Crippen molar-refractivity contribution in [2.75, 3.05) is 0 Å². The normalized spacial score (nSPS) is 10.3. The van der Waals surface area contributed by atoms with Gasteiger partial charge in [-0.1, -0.05) is 6.07 Å². The van der Waals surface area contributed by atoms with Gasteiger partial charge in [-0.3, -0.25) is 0 Å². The van der Waals surface area contributed by atoms with Gasteiger partial charge in [-0.2, -0.15) is 0 Å². The Morgan fingerprint density at radius 3 is 2.85 bits per heavy atom. The Hall–Kier alpha value is -1.71. The molecule has 1 radical (unpaired) electrons. The van der Waals surface area contributed by atoms with Gasteiger partial charge in [-0.25, -0.2) is 13.8 Å². The molecule has 0 atom stereocenters. The molecule has 0 N–H and O–H groups in total. The summed E-state index contributed by atoms with van der Waals surface area (Å²) in [4.78, 5) is 3.59. The van der Waals surface area contributed by atoms with Crippen molar-refractivity contribution in [1.29, 1.82) is 0 Å². The number of rotatable bonds is 1. The Bertz CT molecular complexity index is 412. The highest BCUT2D eigenvalue weighted by Gasteiger charge is 2.11. The van der Waals surface area contributed by atoms with Crippen LogP contribution in [0.1, 0.15) is 0 Å². The van der Waals surface area contributed by atoms with Gasteiger partial charge in [-0.15, -0.1) is 0 Å². The van der Waals surface area contributed by atoms with Crippen molar-refractivity contribution >= 4 is 0 Å². The lowest BCUT2D eigenvalue weighted by molar-refractivity contribution is 0.510. The number of halogens is 2. The first-order valence-electron chi connectivity index (χ1n) is 3.55. The molecule has 0 saturated carbocycles. The molecule has 13 heavy (non-hydrogen) atoms. The second kappa shape index (κ2) is 2.97. The van der Waals surface area contributed by atoms with Crippen LogP contribution in [0.4, 0.5) is 8.78 Å². The molecule has 0 spiro atoms. The molecule has 2 rings (SSSR count). The summed E-state index contributed by atoms with van der Waals surface area (Å²) in [6.07, 6.45) is 3.37. The molecule has 0 bridgehead atoms. The van der Waals surface area contributed by atoms with Gasteiger partial charge in [-0.05, 0) is 12.1 Å². The van der Waals surface area contributed by atoms with Crippen molar-refractivity contribution in [1.82, 2.24) is 4.98 Å². The van der Waals surface area contributed by atoms with E-state index in [1.54, 1.807) is 0 Å². The van der Waals surface area contributed by atoms with Gasteiger partial charge in [0.05, 0.1) is 0 Å². The lowest BCUT2D eigenvalue weighted by Gasteiger charge is -1.97. The fourth-order valence-corrected chi connectivity index (χ4v) is 1.01. The van der Waals surface area contributed by atoms with Crippen LogP contribution >= 0.6 is 0 Å². The predicted molar refractivity (Wildman–Crippen MR) is 40.7 cm³/mol. The summed E-state index contributed by atoms with van der Waals surface area (Å²) in [5, 5.41) is 0. The van der Waals surface area contributed by atoms with Crippen LogP contribution in [-0.4, -0.2) is 4.98 Å². The van der Waals surface area contributed by atoms with Crippen LogP contribution in [-0.2, 0) is 0 Å². The van der Waals surface area contributed by atoms with Crippen molar-refractivity contribution in [3.63, 3.8) is 0 Å². The van der Waals surface area contributed by atoms with E-state index in [2.05, 4.69) is 15.8 Å². The summed E-state index contributed by atoms with van der Waals surface area (Å²) in [6.45, 7) is 0. The highest BCUT2D eigenvalue weighted by molar-refractivity contribution is 5.58. The molecule has 1 aromatic heterocycles. The number of aromatic nitrogens is 1. The molecule has 0 aliphatic rings. The van der Waals surface area contributed by atoms with Crippen LogP contribution < -0.4 is 0 Å². The van der Waals surface area contributed by atoms with E-state index in [1.807, 2.05) is 0 Å². The highest BCUT2D eigenvalue weighted by Crippen LogP contribution is 2.21. The quantitative estimate of drug-likeness (QED) is 0.673. The number of oxazole rings is 1. The van der Waals surface area contributed by atoms with E-state index < -0.39 is 11.6 Å². The summed E-state index contributed by atoms with van der Waals surface area (Å²) < 4.78 is 30.4. The number of nitrogens with zero attached hydrogens (tertiary/aromatic N) is 1. The topological polar surface area (TPSA) is 26.0 Å². The van der Waals surface area contributed by atoms with Crippen molar-refractivity contribution in [3.05, 3.63) is 42.5 Å². The molecule has 2 aromatic rings. The molecule has 2 nitrogen and oxygen atoms in total. The van der Waals surface area contributed by atoms with Gasteiger partial charge in [0, 0.05) is 5.56 Å². The molecule has 0 fully saturated rings. The first-order valence-corrected chi connectivity index (χ1v) is 3.55. The molecule has 0 amide bonds. The Morgan fingerprint density at radius 1 is 1.31 bits per heavy atom. The van der Waals surface area contributed by atoms with Gasteiger partial charge in [0.1, 0.15) is 12.0 Å². The SMILES string of the molecule is Fc1cccc(-c2co[c]n2)c1F. The monoisotopic (exact) mass is 180 g/mol. The lowest BCUT2D eigenvalue weighted by atomic mass is 10.1. The predicted octanol–water partition coefficient (Wildman–Crippen LogP) is 2.42. The zero-order chi connectivity index (χ0) is 9.26. The van der Waals surface area contributed by atoms with Crippen LogP contribution in [0.3, 0.4) is 0 Å². The average molecular weight is 180 g/mol. The van der Waals surface area contributed by atoms with Gasteiger partial charge in [0.2, 0.25) is 0 Å². The van der Waals surface area contributed by atoms with Crippen molar-refractivity contribution in [2.24, 2.45) is 0 Å². The maximum absolute atomic E-state index is 13.1. The lowest BCUT2D eigenvalue weighted by Crippen LogP contribution is -1.88. The molecule has 4 heteroatoms. The smallest absolute Gasteiger partial charge is 0.284 e. The van der Waals surface area contributed by atoms with Crippen molar-refractivity contribution < 1.29 is 13.2 Å². The molecule has 0 aliphatic carbocycles. The van der Waals surface area contributed by atoms with E-state index >= 15 is 0 Å². The fraction of sp³-hybridized carbons (Fsp3) is 0. The molecule has 65 valence electrons. The zero-order valence-corrected chi connectivity index (χ0v) is 6.42. The van der Waals surface area contributed by atoms with Crippen molar-refractivity contribution in [3.8, 4) is 11.3 Å². The summed E-state index contributed by atoms with van der Waals surface area (Å²) in [5.74, 6) is -1.83. The third-order valence-corrected chi connectivity index (χ3v) is 1.62. The summed E-state index contributed by atoms with van der Waals surface area (Å²) in [6, 6.07) is 3.87. The highest BCUT2D eigenvalue weighted by atomic mass is 19.2. The van der Waals surface area contributed by atoms with Crippen molar-refractivity contribution in [2.45, 2.75) is 0 Å². The van der Waals surface area contributed by atoms with E-state index in [1.165, 1.54) is 18.4 Å². The van der Waals surface area contributed by atoms with E-state index in [9.17, 15) is 8.78 Å². The number of hydrogen-bond donors (Lipinski definition) is 0. The first-order chi connectivity index (χ1) is 6.29. The van der Waals surface area contributed by atoms with Crippen LogP contribution in [0.2, 0.25) is 0 Å². The molecule has 1 aromatic carbocycles. The maximum Gasteiger partial charge on any atom is 0.284 e. The maximum atomic E-state index is 13.1. The van der Waals surface area contributed by atoms with Gasteiger partial charge < -0.3 is 4.42 Å². The largest absolute Gasteiger partial charge is 0.440 e. The Kier molecular flexibility index (Phi) is 1.81. The summed E-state index contributed by atoms with van der Waals surface area (Å²) in [7, 11) is 0. The standard InChI is InChI=1S/C9H4F2NO/c10-7-3-1-2-6(9(7)11)8-4-13-5-12-8/h1-4H. The number of benzene rings is 1. The van der Waals surface area contributed by atoms with Gasteiger partial charge in [0.15, 0.2) is 11.6 Å². The third-order valence-electron chi connectivity index (χ3n) is 1.62. The first kappa shape index (κ1) is 7.91. The summed E-state index contributed by atoms with van der Waals surface area (Å²) in [5.41, 5.74) is 0.307. The van der Waals surface area contributed by atoms with E-state index in [-0.39, 0.29) is 11.3 Å². The minimum atomic E-state index is -0.926. The summed E-state index contributed by atoms with van der Waals surface area (Å²) >= 11 is 0. The Labute approximate surface area is 72.8 Å². The van der Waals surface area contributed by atoms with Crippen LogP contribution in [0, 0.1) is 18.0 Å². The molecule has 0 aliphatic heterocycles. The Balaban J connectivity index is 2.59. The van der Waals surface area contributed by atoms with Crippen LogP contribution in [0.25, 0.3) is 11.3 Å². The average Bonchev–Trinajstić information content (AvgIpc) is 2.62. The van der Waals surface area contributed by atoms with Gasteiger partial charge in [0.25, 0.3) is 6.39 Å². The zero-order valence-electron chi connectivity index (χ0n) is 6.42. The Morgan fingerprint density at radius 2 is 2.15 bits per heavy atom. The van der Waals surface area contributed by atoms with Crippen LogP contribution in [0.15, 0.2) is 28.9 Å². The van der Waals surface area contributed by atoms with E-state index in [0.717, 1.165) is 6.07 Å².